The molecule has 3 heterocycles. The summed E-state index contributed by atoms with van der Waals surface area (Å²) in [4.78, 5) is 15.4. The Labute approximate surface area is 117 Å². The van der Waals surface area contributed by atoms with Crippen molar-refractivity contribution in [3.05, 3.63) is 22.4 Å². The summed E-state index contributed by atoms with van der Waals surface area (Å²) in [5, 5.41) is 2.05. The summed E-state index contributed by atoms with van der Waals surface area (Å²) < 4.78 is 11.3. The molecule has 0 unspecified atom stereocenters. The molecule has 2 aliphatic heterocycles. The van der Waals surface area contributed by atoms with Crippen LogP contribution in [-0.4, -0.2) is 42.9 Å². The van der Waals surface area contributed by atoms with E-state index in [2.05, 4.69) is 11.4 Å². The van der Waals surface area contributed by atoms with Crippen LogP contribution >= 0.6 is 11.3 Å². The van der Waals surface area contributed by atoms with Crippen molar-refractivity contribution in [2.75, 3.05) is 26.3 Å². The number of piperidine rings is 1. The Bertz CT molecular complexity index is 416. The van der Waals surface area contributed by atoms with Gasteiger partial charge in [0.2, 0.25) is 5.91 Å². The lowest BCUT2D eigenvalue weighted by atomic mass is 10.0. The maximum absolute atomic E-state index is 12.1. The number of likely N-dealkylation sites (tertiary alicyclic amines) is 1. The van der Waals surface area contributed by atoms with Gasteiger partial charge in [-0.25, -0.2) is 0 Å². The molecule has 0 atom stereocenters. The van der Waals surface area contributed by atoms with Gasteiger partial charge in [-0.1, -0.05) is 6.07 Å². The molecule has 0 N–H and O–H groups in total. The van der Waals surface area contributed by atoms with E-state index in [4.69, 9.17) is 9.47 Å². The second kappa shape index (κ2) is 5.61. The van der Waals surface area contributed by atoms with Gasteiger partial charge in [0.15, 0.2) is 5.79 Å². The fraction of sp³-hybridized carbons (Fsp3) is 0.643. The summed E-state index contributed by atoms with van der Waals surface area (Å²) in [7, 11) is 0. The van der Waals surface area contributed by atoms with Crippen LogP contribution in [0.4, 0.5) is 0 Å². The first-order chi connectivity index (χ1) is 9.27. The van der Waals surface area contributed by atoms with Crippen molar-refractivity contribution in [2.45, 2.75) is 31.5 Å². The lowest BCUT2D eigenvalue weighted by molar-refractivity contribution is -0.187. The molecular formula is C14H19NO3S. The van der Waals surface area contributed by atoms with E-state index in [-0.39, 0.29) is 11.7 Å². The summed E-state index contributed by atoms with van der Waals surface area (Å²) in [5.41, 5.74) is 0. The standard InChI is InChI=1S/C14H19NO3S/c16-13(4-3-12-2-1-11-19-12)15-7-5-14(6-8-15)17-9-10-18-14/h1-2,11H,3-10H2. The average Bonchev–Trinajstić information content (AvgIpc) is 3.09. The predicted molar refractivity (Wildman–Crippen MR) is 73.1 cm³/mol. The maximum atomic E-state index is 12.1. The molecule has 0 bridgehead atoms. The van der Waals surface area contributed by atoms with Crippen LogP contribution < -0.4 is 0 Å². The van der Waals surface area contributed by atoms with Crippen LogP contribution in [0.15, 0.2) is 17.5 Å². The second-order valence-electron chi connectivity index (χ2n) is 5.07. The molecule has 2 fully saturated rings. The SMILES string of the molecule is O=C(CCc1cccs1)N1CCC2(CC1)OCCO2. The van der Waals surface area contributed by atoms with Crippen LogP contribution in [0.3, 0.4) is 0 Å². The summed E-state index contributed by atoms with van der Waals surface area (Å²) >= 11 is 1.72. The summed E-state index contributed by atoms with van der Waals surface area (Å²) in [6.45, 7) is 2.88. The summed E-state index contributed by atoms with van der Waals surface area (Å²) in [6, 6.07) is 4.12. The van der Waals surface area contributed by atoms with Crippen LogP contribution in [0.2, 0.25) is 0 Å². The molecule has 1 spiro atoms. The van der Waals surface area contributed by atoms with Gasteiger partial charge >= 0.3 is 0 Å². The predicted octanol–water partition coefficient (Wildman–Crippen LogP) is 2.05. The first-order valence-corrected chi connectivity index (χ1v) is 7.73. The van der Waals surface area contributed by atoms with Gasteiger partial charge < -0.3 is 14.4 Å². The molecule has 19 heavy (non-hydrogen) atoms. The van der Waals surface area contributed by atoms with Gasteiger partial charge in [-0.05, 0) is 17.9 Å². The molecule has 4 nitrogen and oxygen atoms in total. The third-order valence-electron chi connectivity index (χ3n) is 3.86. The lowest BCUT2D eigenvalue weighted by Gasteiger charge is -2.37. The minimum absolute atomic E-state index is 0.251. The van der Waals surface area contributed by atoms with Crippen LogP contribution in [0, 0.1) is 0 Å². The monoisotopic (exact) mass is 281 g/mol. The van der Waals surface area contributed by atoms with E-state index in [1.54, 1.807) is 11.3 Å². The van der Waals surface area contributed by atoms with Crippen LogP contribution in [0.1, 0.15) is 24.1 Å². The van der Waals surface area contributed by atoms with Crippen LogP contribution in [0.25, 0.3) is 0 Å². The summed E-state index contributed by atoms with van der Waals surface area (Å²) in [6.07, 6.45) is 3.07. The molecule has 3 rings (SSSR count). The maximum Gasteiger partial charge on any atom is 0.222 e. The molecule has 0 saturated carbocycles. The normalized spacial score (nSPS) is 22.0. The third kappa shape index (κ3) is 2.99. The van der Waals surface area contributed by atoms with Crippen molar-refractivity contribution < 1.29 is 14.3 Å². The van der Waals surface area contributed by atoms with Gasteiger partial charge in [-0.15, -0.1) is 11.3 Å². The fourth-order valence-electron chi connectivity index (χ4n) is 2.73. The minimum atomic E-state index is -0.384. The van der Waals surface area contributed by atoms with E-state index in [9.17, 15) is 4.79 Å². The number of aryl methyl sites for hydroxylation is 1. The van der Waals surface area contributed by atoms with Crippen molar-refractivity contribution in [2.24, 2.45) is 0 Å². The third-order valence-corrected chi connectivity index (χ3v) is 4.79. The number of carbonyl (C=O) groups excluding carboxylic acids is 1. The van der Waals surface area contributed by atoms with Crippen molar-refractivity contribution in [3.63, 3.8) is 0 Å². The molecule has 5 heteroatoms. The van der Waals surface area contributed by atoms with Crippen molar-refractivity contribution >= 4 is 17.2 Å². The topological polar surface area (TPSA) is 38.8 Å². The van der Waals surface area contributed by atoms with Crippen molar-refractivity contribution in [3.8, 4) is 0 Å². The zero-order valence-corrected chi connectivity index (χ0v) is 11.8. The average molecular weight is 281 g/mol. The molecule has 1 aromatic rings. The van der Waals surface area contributed by atoms with E-state index < -0.39 is 0 Å². The molecule has 0 aliphatic carbocycles. The number of amides is 1. The number of carbonyl (C=O) groups is 1. The zero-order valence-electron chi connectivity index (χ0n) is 11.0. The Balaban J connectivity index is 1.46. The molecule has 0 aromatic carbocycles. The van der Waals surface area contributed by atoms with Crippen LogP contribution in [-0.2, 0) is 20.7 Å². The van der Waals surface area contributed by atoms with E-state index in [0.717, 1.165) is 32.4 Å². The number of hydrogen-bond donors (Lipinski definition) is 0. The highest BCUT2D eigenvalue weighted by molar-refractivity contribution is 7.09. The number of hydrogen-bond acceptors (Lipinski definition) is 4. The van der Waals surface area contributed by atoms with E-state index in [0.29, 0.717) is 19.6 Å². The minimum Gasteiger partial charge on any atom is -0.347 e. The van der Waals surface area contributed by atoms with E-state index >= 15 is 0 Å². The van der Waals surface area contributed by atoms with Gasteiger partial charge in [-0.2, -0.15) is 0 Å². The first-order valence-electron chi connectivity index (χ1n) is 6.86. The Hall–Kier alpha value is -0.910. The van der Waals surface area contributed by atoms with Crippen molar-refractivity contribution in [1.29, 1.82) is 0 Å². The van der Waals surface area contributed by atoms with Gasteiger partial charge in [0.1, 0.15) is 0 Å². The Morgan fingerprint density at radius 2 is 2.05 bits per heavy atom. The number of rotatable bonds is 3. The molecular weight excluding hydrogens is 262 g/mol. The highest BCUT2D eigenvalue weighted by Crippen LogP contribution is 2.31. The smallest absolute Gasteiger partial charge is 0.222 e. The number of thiophene rings is 1. The molecule has 104 valence electrons. The van der Waals surface area contributed by atoms with Gasteiger partial charge in [0.25, 0.3) is 0 Å². The van der Waals surface area contributed by atoms with Crippen LogP contribution in [0.5, 0.6) is 0 Å². The molecule has 2 aliphatic rings. The lowest BCUT2D eigenvalue weighted by Crippen LogP contribution is -2.47. The second-order valence-corrected chi connectivity index (χ2v) is 6.10. The van der Waals surface area contributed by atoms with E-state index in [1.165, 1.54) is 4.88 Å². The molecule has 0 radical (unpaired) electrons. The van der Waals surface area contributed by atoms with Gasteiger partial charge in [0.05, 0.1) is 13.2 Å². The highest BCUT2D eigenvalue weighted by Gasteiger charge is 2.40. The fourth-order valence-corrected chi connectivity index (χ4v) is 3.43. The number of ether oxygens (including phenoxy) is 2. The summed E-state index contributed by atoms with van der Waals surface area (Å²) in [5.74, 6) is -0.133. The molecule has 2 saturated heterocycles. The quantitative estimate of drug-likeness (QED) is 0.851. The Kier molecular flexibility index (Phi) is 3.86. The molecule has 1 amide bonds. The zero-order chi connectivity index (χ0) is 13.1. The van der Waals surface area contributed by atoms with E-state index in [1.807, 2.05) is 11.0 Å². The molecule has 1 aromatic heterocycles. The first kappa shape index (κ1) is 13.1. The largest absolute Gasteiger partial charge is 0.347 e. The highest BCUT2D eigenvalue weighted by atomic mass is 32.1. The Morgan fingerprint density at radius 3 is 2.68 bits per heavy atom. The van der Waals surface area contributed by atoms with Gasteiger partial charge in [0, 0.05) is 37.2 Å². The van der Waals surface area contributed by atoms with Gasteiger partial charge in [-0.3, -0.25) is 4.79 Å². The number of nitrogens with zero attached hydrogens (tertiary/aromatic N) is 1. The Morgan fingerprint density at radius 1 is 1.32 bits per heavy atom. The van der Waals surface area contributed by atoms with Crippen molar-refractivity contribution in [1.82, 2.24) is 4.90 Å².